The monoisotopic (exact) mass is 364 g/mol. The van der Waals surface area contributed by atoms with E-state index in [4.69, 9.17) is 4.74 Å². The summed E-state index contributed by atoms with van der Waals surface area (Å²) < 4.78 is 30.6. The lowest BCUT2D eigenvalue weighted by molar-refractivity contribution is 0.0558. The van der Waals surface area contributed by atoms with Gasteiger partial charge in [0.15, 0.2) is 0 Å². The third-order valence-corrected chi connectivity index (χ3v) is 5.60. The second-order valence-electron chi connectivity index (χ2n) is 7.70. The van der Waals surface area contributed by atoms with Gasteiger partial charge in [0.2, 0.25) is 0 Å². The number of fused-ring (bicyclic) bond motifs is 1. The summed E-state index contributed by atoms with van der Waals surface area (Å²) in [4.78, 5) is 0. The van der Waals surface area contributed by atoms with E-state index in [0.717, 1.165) is 65.3 Å². The molecule has 1 aromatic rings. The van der Waals surface area contributed by atoms with Crippen molar-refractivity contribution < 1.29 is 18.6 Å². The summed E-state index contributed by atoms with van der Waals surface area (Å²) in [7, 11) is 0. The van der Waals surface area contributed by atoms with Crippen LogP contribution in [0.4, 0.5) is 8.78 Å². The van der Waals surface area contributed by atoms with E-state index in [1.165, 1.54) is 0 Å². The summed E-state index contributed by atoms with van der Waals surface area (Å²) in [5.74, 6) is 1.31. The minimum Gasteiger partial charge on any atom is -0.507 e. The predicted octanol–water partition coefficient (Wildman–Crippen LogP) is 6.69. The van der Waals surface area contributed by atoms with Gasteiger partial charge in [-0.1, -0.05) is 11.6 Å². The van der Waals surface area contributed by atoms with E-state index in [0.29, 0.717) is 18.6 Å². The Morgan fingerprint density at radius 2 is 1.81 bits per heavy atom. The standard InChI is InChI=1S/C22H30F2O2/c1-14(8-6-10-19(23)24)9-7-12-22(5)13-11-18-17(4)20(25)15(2)16(3)21(18)26-22/h9-10,25H,6-8,11-13H2,1-5H3. The molecule has 1 aromatic carbocycles. The fourth-order valence-electron chi connectivity index (χ4n) is 3.61. The molecule has 26 heavy (non-hydrogen) atoms. The van der Waals surface area contributed by atoms with Gasteiger partial charge in [0.25, 0.3) is 6.08 Å². The summed E-state index contributed by atoms with van der Waals surface area (Å²) >= 11 is 0. The smallest absolute Gasteiger partial charge is 0.266 e. The van der Waals surface area contributed by atoms with E-state index in [1.54, 1.807) is 0 Å². The second-order valence-corrected chi connectivity index (χ2v) is 7.70. The van der Waals surface area contributed by atoms with E-state index >= 15 is 0 Å². The average Bonchev–Trinajstić information content (AvgIpc) is 2.57. The summed E-state index contributed by atoms with van der Waals surface area (Å²) in [6.07, 6.45) is 6.11. The van der Waals surface area contributed by atoms with Gasteiger partial charge in [0.1, 0.15) is 17.1 Å². The second kappa shape index (κ2) is 8.24. The van der Waals surface area contributed by atoms with Crippen molar-refractivity contribution in [1.29, 1.82) is 0 Å². The van der Waals surface area contributed by atoms with Crippen LogP contribution in [0, 0.1) is 20.8 Å². The molecule has 1 aliphatic heterocycles. The van der Waals surface area contributed by atoms with Gasteiger partial charge >= 0.3 is 0 Å². The third kappa shape index (κ3) is 4.66. The number of hydrogen-bond acceptors (Lipinski definition) is 2. The zero-order valence-corrected chi connectivity index (χ0v) is 16.5. The molecule has 1 heterocycles. The predicted molar refractivity (Wildman–Crippen MR) is 102 cm³/mol. The number of benzene rings is 1. The molecule has 0 aromatic heterocycles. The quantitative estimate of drug-likeness (QED) is 0.570. The van der Waals surface area contributed by atoms with Crippen molar-refractivity contribution in [2.24, 2.45) is 0 Å². The van der Waals surface area contributed by atoms with Crippen LogP contribution < -0.4 is 4.74 Å². The normalized spacial score (nSPS) is 19.7. The fourth-order valence-corrected chi connectivity index (χ4v) is 3.61. The molecule has 0 bridgehead atoms. The number of hydrogen-bond donors (Lipinski definition) is 1. The van der Waals surface area contributed by atoms with Gasteiger partial charge < -0.3 is 9.84 Å². The molecule has 0 saturated carbocycles. The van der Waals surface area contributed by atoms with E-state index in [-0.39, 0.29) is 5.60 Å². The fraction of sp³-hybridized carbons (Fsp3) is 0.545. The molecule has 0 spiro atoms. The maximum absolute atomic E-state index is 12.1. The van der Waals surface area contributed by atoms with Gasteiger partial charge in [-0.05, 0) is 95.9 Å². The molecule has 4 heteroatoms. The summed E-state index contributed by atoms with van der Waals surface area (Å²) in [6, 6.07) is 0. The van der Waals surface area contributed by atoms with Crippen LogP contribution in [0.3, 0.4) is 0 Å². The van der Waals surface area contributed by atoms with Gasteiger partial charge in [-0.3, -0.25) is 0 Å². The number of phenolic OH excluding ortho intramolecular Hbond substituents is 1. The Morgan fingerprint density at radius 1 is 1.12 bits per heavy atom. The summed E-state index contributed by atoms with van der Waals surface area (Å²) in [5.41, 5.74) is 4.84. The number of aromatic hydroxyl groups is 1. The Hall–Kier alpha value is -1.84. The maximum atomic E-state index is 12.1. The SMILES string of the molecule is CC(=CCCC1(C)CCc2c(C)c(O)c(C)c(C)c2O1)CCC=C(F)F. The molecule has 0 aliphatic carbocycles. The molecule has 0 radical (unpaired) electrons. The molecule has 2 rings (SSSR count). The minimum atomic E-state index is -1.61. The van der Waals surface area contributed by atoms with Gasteiger partial charge in [-0.2, -0.15) is 8.78 Å². The highest BCUT2D eigenvalue weighted by molar-refractivity contribution is 5.58. The Bertz CT molecular complexity index is 730. The van der Waals surface area contributed by atoms with E-state index in [1.807, 2.05) is 27.7 Å². The Morgan fingerprint density at radius 3 is 2.46 bits per heavy atom. The first kappa shape index (κ1) is 20.5. The maximum Gasteiger partial charge on any atom is 0.266 e. The number of halogens is 2. The minimum absolute atomic E-state index is 0.241. The first-order valence-corrected chi connectivity index (χ1v) is 9.32. The van der Waals surface area contributed by atoms with Crippen LogP contribution >= 0.6 is 0 Å². The molecule has 1 N–H and O–H groups in total. The van der Waals surface area contributed by atoms with Gasteiger partial charge in [0.05, 0.1) is 0 Å². The van der Waals surface area contributed by atoms with Gasteiger partial charge in [-0.25, -0.2) is 0 Å². The van der Waals surface area contributed by atoms with Crippen LogP contribution in [0.15, 0.2) is 23.8 Å². The highest BCUT2D eigenvalue weighted by Gasteiger charge is 2.33. The molecule has 1 atom stereocenters. The Balaban J connectivity index is 2.04. The molecule has 1 aliphatic rings. The number of rotatable bonds is 6. The number of allylic oxidation sites excluding steroid dienone is 3. The van der Waals surface area contributed by atoms with Crippen molar-refractivity contribution in [3.8, 4) is 11.5 Å². The first-order valence-electron chi connectivity index (χ1n) is 9.32. The van der Waals surface area contributed by atoms with Crippen molar-refractivity contribution in [3.63, 3.8) is 0 Å². The molecule has 144 valence electrons. The van der Waals surface area contributed by atoms with Crippen molar-refractivity contribution in [1.82, 2.24) is 0 Å². The molecular formula is C22H30F2O2. The zero-order valence-electron chi connectivity index (χ0n) is 16.5. The highest BCUT2D eigenvalue weighted by Crippen LogP contribution is 2.44. The van der Waals surface area contributed by atoms with Crippen LogP contribution in [0.2, 0.25) is 0 Å². The van der Waals surface area contributed by atoms with Gasteiger partial charge in [0, 0.05) is 5.56 Å². The largest absolute Gasteiger partial charge is 0.507 e. The van der Waals surface area contributed by atoms with Crippen LogP contribution in [-0.2, 0) is 6.42 Å². The van der Waals surface area contributed by atoms with Crippen molar-refractivity contribution >= 4 is 0 Å². The first-order chi connectivity index (χ1) is 12.1. The zero-order chi connectivity index (χ0) is 19.5. The third-order valence-electron chi connectivity index (χ3n) is 5.60. The van der Waals surface area contributed by atoms with E-state index in [2.05, 4.69) is 13.0 Å². The Labute approximate surface area is 155 Å². The van der Waals surface area contributed by atoms with Crippen LogP contribution in [0.1, 0.15) is 68.2 Å². The van der Waals surface area contributed by atoms with Crippen LogP contribution in [-0.4, -0.2) is 10.7 Å². The van der Waals surface area contributed by atoms with Crippen LogP contribution in [0.25, 0.3) is 0 Å². The van der Waals surface area contributed by atoms with Gasteiger partial charge in [-0.15, -0.1) is 0 Å². The Kier molecular flexibility index (Phi) is 6.48. The molecule has 0 fully saturated rings. The summed E-state index contributed by atoms with van der Waals surface area (Å²) in [6.45, 7) is 10.0. The van der Waals surface area contributed by atoms with Crippen molar-refractivity contribution in [3.05, 3.63) is 46.1 Å². The number of ether oxygens (including phenoxy) is 1. The number of phenols is 1. The van der Waals surface area contributed by atoms with E-state index < -0.39 is 6.08 Å². The lowest BCUT2D eigenvalue weighted by Crippen LogP contribution is -2.37. The molecule has 1 unspecified atom stereocenters. The average molecular weight is 364 g/mol. The van der Waals surface area contributed by atoms with Crippen LogP contribution in [0.5, 0.6) is 11.5 Å². The lowest BCUT2D eigenvalue weighted by Gasteiger charge is -2.38. The summed E-state index contributed by atoms with van der Waals surface area (Å²) in [5, 5.41) is 10.3. The molecule has 2 nitrogen and oxygen atoms in total. The lowest BCUT2D eigenvalue weighted by atomic mass is 9.85. The van der Waals surface area contributed by atoms with E-state index in [9.17, 15) is 13.9 Å². The van der Waals surface area contributed by atoms with Crippen molar-refractivity contribution in [2.75, 3.05) is 0 Å². The topological polar surface area (TPSA) is 29.5 Å². The molecule has 0 amide bonds. The molecular weight excluding hydrogens is 334 g/mol. The molecule has 0 saturated heterocycles. The highest BCUT2D eigenvalue weighted by atomic mass is 19.3. The van der Waals surface area contributed by atoms with Crippen molar-refractivity contribution in [2.45, 2.75) is 78.7 Å².